The third-order valence-corrected chi connectivity index (χ3v) is 2.50. The highest BCUT2D eigenvalue weighted by Crippen LogP contribution is 2.22. The fourth-order valence-electron chi connectivity index (χ4n) is 1.26. The second-order valence-electron chi connectivity index (χ2n) is 3.72. The number of hydrogen-bond acceptors (Lipinski definition) is 6. The molecular formula is C11H13N5O3. The maximum Gasteiger partial charge on any atom is 0.312 e. The van der Waals surface area contributed by atoms with Gasteiger partial charge in [-0.15, -0.1) is 0 Å². The zero-order chi connectivity index (χ0) is 14.4. The Bertz CT molecular complexity index is 538. The van der Waals surface area contributed by atoms with E-state index in [1.807, 2.05) is 6.92 Å². The summed E-state index contributed by atoms with van der Waals surface area (Å²) in [5.74, 6) is -0.232. The van der Waals surface area contributed by atoms with Crippen molar-refractivity contribution in [2.75, 3.05) is 25.5 Å². The average molecular weight is 263 g/mol. The summed E-state index contributed by atoms with van der Waals surface area (Å²) >= 11 is 0. The van der Waals surface area contributed by atoms with E-state index in [4.69, 9.17) is 5.26 Å². The summed E-state index contributed by atoms with van der Waals surface area (Å²) in [6.45, 7) is 2.27. The van der Waals surface area contributed by atoms with Gasteiger partial charge in [0.2, 0.25) is 11.7 Å². The van der Waals surface area contributed by atoms with Gasteiger partial charge in [-0.05, 0) is 6.92 Å². The summed E-state index contributed by atoms with van der Waals surface area (Å²) in [5.41, 5.74) is -0.236. The van der Waals surface area contributed by atoms with Crippen LogP contribution in [0.25, 0.3) is 0 Å². The van der Waals surface area contributed by atoms with E-state index >= 15 is 0 Å². The van der Waals surface area contributed by atoms with Crippen molar-refractivity contribution < 1.29 is 9.72 Å². The lowest BCUT2D eigenvalue weighted by atomic mass is 10.2. The molecule has 1 aromatic rings. The van der Waals surface area contributed by atoms with Crippen LogP contribution in [0.4, 0.5) is 11.5 Å². The van der Waals surface area contributed by atoms with E-state index in [0.29, 0.717) is 6.54 Å². The lowest BCUT2D eigenvalue weighted by molar-refractivity contribution is -0.384. The molecule has 8 heteroatoms. The molecule has 100 valence electrons. The number of anilines is 1. The Morgan fingerprint density at radius 3 is 2.89 bits per heavy atom. The van der Waals surface area contributed by atoms with Crippen LogP contribution in [0.1, 0.15) is 12.5 Å². The largest absolute Gasteiger partial charge is 0.355 e. The van der Waals surface area contributed by atoms with Crippen LogP contribution in [0.5, 0.6) is 0 Å². The first kappa shape index (κ1) is 14.4. The van der Waals surface area contributed by atoms with Crippen molar-refractivity contribution in [3.05, 3.63) is 27.9 Å². The standard InChI is InChI=1S/C11H13N5O3/c1-3-15(2)10(17)7-14-11-9(16(18)19)4-8(5-12)6-13-11/h4,6H,3,7H2,1-2H3,(H,13,14). The summed E-state index contributed by atoms with van der Waals surface area (Å²) in [5, 5.41) is 22.1. The minimum Gasteiger partial charge on any atom is -0.355 e. The third-order valence-electron chi connectivity index (χ3n) is 2.50. The van der Waals surface area contributed by atoms with Crippen molar-refractivity contribution in [2.45, 2.75) is 6.92 Å². The van der Waals surface area contributed by atoms with Crippen LogP contribution in [0.2, 0.25) is 0 Å². The Labute approximate surface area is 109 Å². The van der Waals surface area contributed by atoms with Crippen LogP contribution in [-0.2, 0) is 4.79 Å². The molecule has 1 aromatic heterocycles. The van der Waals surface area contributed by atoms with Gasteiger partial charge in [0, 0.05) is 25.9 Å². The van der Waals surface area contributed by atoms with Gasteiger partial charge in [0.25, 0.3) is 0 Å². The van der Waals surface area contributed by atoms with Crippen LogP contribution >= 0.6 is 0 Å². The van der Waals surface area contributed by atoms with Gasteiger partial charge in [0.15, 0.2) is 0 Å². The Morgan fingerprint density at radius 1 is 1.68 bits per heavy atom. The van der Waals surface area contributed by atoms with Gasteiger partial charge < -0.3 is 10.2 Å². The van der Waals surface area contributed by atoms with Crippen molar-refractivity contribution in [1.29, 1.82) is 5.26 Å². The molecule has 0 aliphatic rings. The quantitative estimate of drug-likeness (QED) is 0.619. The first-order valence-corrected chi connectivity index (χ1v) is 5.52. The maximum absolute atomic E-state index is 11.6. The number of carbonyl (C=O) groups excluding carboxylic acids is 1. The van der Waals surface area contributed by atoms with Crippen LogP contribution < -0.4 is 5.32 Å². The predicted octanol–water partition coefficient (Wildman–Crippen LogP) is 0.752. The summed E-state index contributed by atoms with van der Waals surface area (Å²) in [4.78, 5) is 27.0. The summed E-state index contributed by atoms with van der Waals surface area (Å²) in [6, 6.07) is 2.89. The van der Waals surface area contributed by atoms with Crippen molar-refractivity contribution in [2.24, 2.45) is 0 Å². The van der Waals surface area contributed by atoms with Crippen LogP contribution in [0.15, 0.2) is 12.3 Å². The second kappa shape index (κ2) is 6.30. The number of aromatic nitrogens is 1. The van der Waals surface area contributed by atoms with Crippen LogP contribution in [-0.4, -0.2) is 40.9 Å². The third kappa shape index (κ3) is 3.64. The molecule has 19 heavy (non-hydrogen) atoms. The number of nitrogens with zero attached hydrogens (tertiary/aromatic N) is 4. The zero-order valence-electron chi connectivity index (χ0n) is 10.6. The Morgan fingerprint density at radius 2 is 2.37 bits per heavy atom. The smallest absolute Gasteiger partial charge is 0.312 e. The SMILES string of the molecule is CCN(C)C(=O)CNc1ncc(C#N)cc1[N+](=O)[O-]. The van der Waals surface area contributed by atoms with Crippen LogP contribution in [0, 0.1) is 21.4 Å². The lowest BCUT2D eigenvalue weighted by Gasteiger charge is -2.14. The molecule has 0 saturated heterocycles. The molecule has 0 unspecified atom stereocenters. The second-order valence-corrected chi connectivity index (χ2v) is 3.72. The van der Waals surface area contributed by atoms with E-state index in [1.54, 1.807) is 13.1 Å². The maximum atomic E-state index is 11.6. The summed E-state index contributed by atoms with van der Waals surface area (Å²) in [7, 11) is 1.63. The monoisotopic (exact) mass is 263 g/mol. The Kier molecular flexibility index (Phi) is 4.76. The molecule has 0 bridgehead atoms. The van der Waals surface area contributed by atoms with Gasteiger partial charge in [0.1, 0.15) is 6.07 Å². The molecule has 1 rings (SSSR count). The van der Waals surface area contributed by atoms with Gasteiger partial charge in [-0.25, -0.2) is 4.98 Å². The van der Waals surface area contributed by atoms with Crippen LogP contribution in [0.3, 0.4) is 0 Å². The molecule has 0 aliphatic heterocycles. The minimum atomic E-state index is -0.649. The molecule has 0 atom stereocenters. The van der Waals surface area contributed by atoms with E-state index in [0.717, 1.165) is 6.07 Å². The molecule has 1 N–H and O–H groups in total. The van der Waals surface area contributed by atoms with E-state index < -0.39 is 4.92 Å². The Hall–Kier alpha value is -2.69. The normalized spacial score (nSPS) is 9.53. The van der Waals surface area contributed by atoms with Crippen molar-refractivity contribution in [3.8, 4) is 6.07 Å². The average Bonchev–Trinajstić information content (AvgIpc) is 2.43. The first-order chi connectivity index (χ1) is 8.99. The highest BCUT2D eigenvalue weighted by atomic mass is 16.6. The van der Waals surface area contributed by atoms with Gasteiger partial charge in [-0.3, -0.25) is 14.9 Å². The molecule has 8 nitrogen and oxygen atoms in total. The zero-order valence-corrected chi connectivity index (χ0v) is 10.6. The number of nitro groups is 1. The van der Waals surface area contributed by atoms with Crippen molar-refractivity contribution in [3.63, 3.8) is 0 Å². The van der Waals surface area contributed by atoms with E-state index in [9.17, 15) is 14.9 Å². The highest BCUT2D eigenvalue weighted by molar-refractivity contribution is 5.81. The van der Waals surface area contributed by atoms with Gasteiger partial charge in [0.05, 0.1) is 17.0 Å². The molecule has 0 spiro atoms. The molecule has 1 amide bonds. The Balaban J connectivity index is 2.87. The fraction of sp³-hybridized carbons (Fsp3) is 0.364. The summed E-state index contributed by atoms with van der Waals surface area (Å²) < 4.78 is 0. The molecular weight excluding hydrogens is 250 g/mol. The minimum absolute atomic E-state index is 0.0261. The molecule has 1 heterocycles. The van der Waals surface area contributed by atoms with Gasteiger partial charge >= 0.3 is 5.69 Å². The van der Waals surface area contributed by atoms with E-state index in [-0.39, 0.29) is 29.5 Å². The fourth-order valence-corrected chi connectivity index (χ4v) is 1.26. The number of carbonyl (C=O) groups is 1. The number of nitrogens with one attached hydrogen (secondary N) is 1. The molecule has 0 saturated carbocycles. The van der Waals surface area contributed by atoms with Gasteiger partial charge in [-0.1, -0.05) is 0 Å². The lowest BCUT2D eigenvalue weighted by Crippen LogP contribution is -2.32. The number of rotatable bonds is 5. The highest BCUT2D eigenvalue weighted by Gasteiger charge is 2.17. The van der Waals surface area contributed by atoms with Gasteiger partial charge in [-0.2, -0.15) is 5.26 Å². The number of hydrogen-bond donors (Lipinski definition) is 1. The van der Waals surface area contributed by atoms with E-state index in [1.165, 1.54) is 11.1 Å². The van der Waals surface area contributed by atoms with Crippen molar-refractivity contribution in [1.82, 2.24) is 9.88 Å². The molecule has 0 fully saturated rings. The number of nitriles is 1. The van der Waals surface area contributed by atoms with E-state index in [2.05, 4.69) is 10.3 Å². The number of amides is 1. The molecule has 0 aromatic carbocycles. The first-order valence-electron chi connectivity index (χ1n) is 5.52. The molecule has 0 radical (unpaired) electrons. The van der Waals surface area contributed by atoms with Crippen molar-refractivity contribution >= 4 is 17.4 Å². The predicted molar refractivity (Wildman–Crippen MR) is 67.4 cm³/mol. The summed E-state index contributed by atoms with van der Waals surface area (Å²) in [6.07, 6.45) is 1.21. The number of likely N-dealkylation sites (N-methyl/N-ethyl adjacent to an activating group) is 1. The topological polar surface area (TPSA) is 112 Å². The molecule has 0 aliphatic carbocycles. The number of pyridine rings is 1.